The SMILES string of the molecule is COP(C)(=O)OC.COS(C)(=O)=O.COS(C)=O.CS(C)(=O)=O.CS(C)=O. The highest BCUT2D eigenvalue weighted by molar-refractivity contribution is 7.90. The van der Waals surface area contributed by atoms with Crippen LogP contribution in [0.5, 0.6) is 0 Å². The third-order valence-electron chi connectivity index (χ3n) is 1.20. The lowest BCUT2D eigenvalue weighted by molar-refractivity contribution is 0.282. The van der Waals surface area contributed by atoms with Crippen LogP contribution in [0, 0.1) is 0 Å². The third-order valence-corrected chi connectivity index (χ3v) is 3.60. The van der Waals surface area contributed by atoms with Crippen LogP contribution in [0.1, 0.15) is 0 Å². The highest BCUT2D eigenvalue weighted by Crippen LogP contribution is 2.40. The van der Waals surface area contributed by atoms with Gasteiger partial charge in [-0.1, -0.05) is 0 Å². The summed E-state index contributed by atoms with van der Waals surface area (Å²) in [6.45, 7) is 1.41. The Morgan fingerprint density at radius 3 is 0.926 bits per heavy atom. The minimum Gasteiger partial charge on any atom is -0.312 e. The van der Waals surface area contributed by atoms with E-state index in [2.05, 4.69) is 17.4 Å². The lowest BCUT2D eigenvalue weighted by Gasteiger charge is -2.04. The van der Waals surface area contributed by atoms with E-state index in [0.29, 0.717) is 0 Å². The average molecular weight is 501 g/mol. The van der Waals surface area contributed by atoms with Crippen molar-refractivity contribution in [2.45, 2.75) is 0 Å². The van der Waals surface area contributed by atoms with Gasteiger partial charge in [0.15, 0.2) is 11.1 Å². The Hall–Kier alpha value is 0.270. The summed E-state index contributed by atoms with van der Waals surface area (Å²) < 4.78 is 85.6. The molecule has 16 heteroatoms. The molecule has 0 aliphatic rings. The van der Waals surface area contributed by atoms with E-state index in [9.17, 15) is 29.8 Å². The zero-order valence-corrected chi connectivity index (χ0v) is 21.7. The van der Waals surface area contributed by atoms with Crippen molar-refractivity contribution >= 4 is 49.4 Å². The van der Waals surface area contributed by atoms with Gasteiger partial charge in [-0.3, -0.25) is 17.1 Å². The normalized spacial score (nSPS) is 11.9. The Morgan fingerprint density at radius 1 is 0.778 bits per heavy atom. The summed E-state index contributed by atoms with van der Waals surface area (Å²) >= 11 is -1.07. The second-order valence-electron chi connectivity index (χ2n) is 4.46. The maximum Gasteiger partial charge on any atom is 0.327 e. The van der Waals surface area contributed by atoms with E-state index in [1.165, 1.54) is 34.2 Å². The summed E-state index contributed by atoms with van der Waals surface area (Å²) in [6.07, 6.45) is 8.06. The molecule has 0 aromatic rings. The Labute approximate surface area is 169 Å². The average Bonchev–Trinajstić information content (AvgIpc) is 2.45. The molecule has 0 aromatic heterocycles. The molecule has 0 aliphatic heterocycles. The molecule has 0 aliphatic carbocycles. The van der Waals surface area contributed by atoms with E-state index in [1.54, 1.807) is 12.5 Å². The summed E-state index contributed by atoms with van der Waals surface area (Å²) in [5.41, 5.74) is 0. The Bertz CT molecular complexity index is 609. The topological polar surface area (TPSA) is 156 Å². The minimum atomic E-state index is -3.16. The first-order valence-electron chi connectivity index (χ1n) is 6.41. The summed E-state index contributed by atoms with van der Waals surface area (Å²) in [5, 5.41) is 0. The van der Waals surface area contributed by atoms with Crippen LogP contribution in [-0.4, -0.2) is 97.9 Å². The van der Waals surface area contributed by atoms with E-state index < -0.39 is 49.4 Å². The fourth-order valence-corrected chi connectivity index (χ4v) is 0.224. The molecule has 172 valence electrons. The standard InChI is InChI=1S/C3H9O3P.C2H6O3S.2C2H6O2S.C2H6OS/c1-5-7(3,4)6-2;1-5-6(2,3)4;1-5(2,3)4;1-4-5(2)3;1-4(2)3/h1-3H3;1-2H3;2*1-2H3;1-2H3. The maximum atomic E-state index is 10.5. The second-order valence-corrected chi connectivity index (χ2v) is 13.4. The molecule has 0 amide bonds. The van der Waals surface area contributed by atoms with Crippen molar-refractivity contribution in [1.82, 2.24) is 0 Å². The van der Waals surface area contributed by atoms with E-state index in [1.807, 2.05) is 0 Å². The molecule has 1 atom stereocenters. The number of hydrogen-bond acceptors (Lipinski definition) is 11. The van der Waals surface area contributed by atoms with Crippen molar-refractivity contribution in [3.05, 3.63) is 0 Å². The van der Waals surface area contributed by atoms with Crippen molar-refractivity contribution in [3.63, 3.8) is 0 Å². The van der Waals surface area contributed by atoms with E-state index in [-0.39, 0.29) is 0 Å². The first-order chi connectivity index (χ1) is 11.7. The van der Waals surface area contributed by atoms with Gasteiger partial charge < -0.3 is 9.05 Å². The number of sulfone groups is 1. The second kappa shape index (κ2) is 21.0. The predicted molar refractivity (Wildman–Crippen MR) is 111 cm³/mol. The molecule has 0 heterocycles. The molecule has 0 aromatic carbocycles. The molecular weight excluding hydrogens is 467 g/mol. The Kier molecular flexibility index (Phi) is 29.5. The van der Waals surface area contributed by atoms with Crippen LogP contribution >= 0.6 is 7.60 Å². The van der Waals surface area contributed by atoms with E-state index in [0.717, 1.165) is 25.9 Å². The molecule has 11 nitrogen and oxygen atoms in total. The van der Waals surface area contributed by atoms with Crippen molar-refractivity contribution in [2.24, 2.45) is 0 Å². The van der Waals surface area contributed by atoms with Gasteiger partial charge in [0, 0.05) is 63.0 Å². The maximum absolute atomic E-state index is 10.5. The van der Waals surface area contributed by atoms with Gasteiger partial charge in [-0.25, -0.2) is 12.6 Å². The van der Waals surface area contributed by atoms with Crippen LogP contribution in [-0.2, 0) is 63.8 Å². The van der Waals surface area contributed by atoms with Gasteiger partial charge in [0.25, 0.3) is 10.1 Å². The number of hydrogen-bond donors (Lipinski definition) is 0. The van der Waals surface area contributed by atoms with E-state index >= 15 is 0 Å². The fourth-order valence-electron chi connectivity index (χ4n) is 0.0745. The molecular formula is C11H33O11PS4. The molecule has 0 saturated heterocycles. The van der Waals surface area contributed by atoms with Crippen LogP contribution in [0.15, 0.2) is 0 Å². The monoisotopic (exact) mass is 500 g/mol. The highest BCUT2D eigenvalue weighted by Gasteiger charge is 2.08. The van der Waals surface area contributed by atoms with Gasteiger partial charge in [-0.15, -0.1) is 0 Å². The van der Waals surface area contributed by atoms with Crippen LogP contribution in [0.2, 0.25) is 0 Å². The largest absolute Gasteiger partial charge is 0.327 e. The summed E-state index contributed by atoms with van der Waals surface area (Å²) in [7, 11) is -3.87. The number of rotatable bonds is 4. The van der Waals surface area contributed by atoms with E-state index in [4.69, 9.17) is 0 Å². The Morgan fingerprint density at radius 2 is 0.926 bits per heavy atom. The van der Waals surface area contributed by atoms with Crippen LogP contribution in [0.25, 0.3) is 0 Å². The molecule has 0 bridgehead atoms. The Balaban J connectivity index is -0.0000000757. The van der Waals surface area contributed by atoms with Crippen LogP contribution < -0.4 is 0 Å². The molecule has 0 N–H and O–H groups in total. The highest BCUT2D eigenvalue weighted by atomic mass is 32.2. The smallest absolute Gasteiger partial charge is 0.312 e. The van der Waals surface area contributed by atoms with Crippen molar-refractivity contribution < 1.29 is 47.2 Å². The van der Waals surface area contributed by atoms with Gasteiger partial charge in [-0.05, 0) is 0 Å². The van der Waals surface area contributed by atoms with Crippen molar-refractivity contribution in [2.75, 3.05) is 72.6 Å². The molecule has 27 heavy (non-hydrogen) atoms. The van der Waals surface area contributed by atoms with Crippen LogP contribution in [0.3, 0.4) is 0 Å². The van der Waals surface area contributed by atoms with Gasteiger partial charge in [0.1, 0.15) is 9.84 Å². The first kappa shape index (κ1) is 37.9. The molecule has 0 spiro atoms. The molecule has 0 radical (unpaired) electrons. The van der Waals surface area contributed by atoms with Gasteiger partial charge in [0.2, 0.25) is 0 Å². The van der Waals surface area contributed by atoms with Gasteiger partial charge in [0.05, 0.1) is 20.5 Å². The van der Waals surface area contributed by atoms with Gasteiger partial charge >= 0.3 is 7.60 Å². The zero-order valence-electron chi connectivity index (χ0n) is 17.6. The van der Waals surface area contributed by atoms with Gasteiger partial charge in [-0.2, -0.15) is 8.42 Å². The first-order valence-corrected chi connectivity index (χ1v) is 16.0. The quantitative estimate of drug-likeness (QED) is 0.386. The summed E-state index contributed by atoms with van der Waals surface area (Å²) in [6, 6.07) is 0. The van der Waals surface area contributed by atoms with Crippen LogP contribution in [0.4, 0.5) is 0 Å². The summed E-state index contributed by atoms with van der Waals surface area (Å²) in [4.78, 5) is 0. The third kappa shape index (κ3) is 122. The summed E-state index contributed by atoms with van der Waals surface area (Å²) in [5.74, 6) is 0. The lowest BCUT2D eigenvalue weighted by atomic mass is 11.8. The van der Waals surface area contributed by atoms with Crippen molar-refractivity contribution in [1.29, 1.82) is 0 Å². The van der Waals surface area contributed by atoms with Crippen molar-refractivity contribution in [3.8, 4) is 0 Å². The lowest BCUT2D eigenvalue weighted by Crippen LogP contribution is -1.95. The molecule has 1 unspecified atom stereocenters. The molecule has 0 rings (SSSR count). The minimum absolute atomic E-state index is 0.611. The fraction of sp³-hybridized carbons (Fsp3) is 1.00. The zero-order chi connectivity index (χ0) is 23.5. The molecule has 0 fully saturated rings. The predicted octanol–water partition coefficient (Wildman–Crippen LogP) is 0.276. The molecule has 0 saturated carbocycles.